The number of nitrogens with one attached hydrogen (secondary N) is 5. The highest BCUT2D eigenvalue weighted by molar-refractivity contribution is 7.16. The molecule has 10 saturated heterocycles. The first kappa shape index (κ1) is 110. The topological polar surface area (TPSA) is 161 Å². The first-order valence-electron chi connectivity index (χ1n) is 54.8. The van der Waals surface area contributed by atoms with Gasteiger partial charge in [-0.25, -0.2) is 24.9 Å². The summed E-state index contributed by atoms with van der Waals surface area (Å²) in [5.41, 5.74) is 27.0. The van der Waals surface area contributed by atoms with Crippen LogP contribution in [0.4, 0.5) is 0 Å². The van der Waals surface area contributed by atoms with Crippen LogP contribution in [0.1, 0.15) is 317 Å². The van der Waals surface area contributed by atoms with Crippen LogP contribution < -0.4 is 26.6 Å². The molecule has 5 aromatic carbocycles. The molecule has 5 aromatic heterocycles. The Kier molecular flexibility index (Phi) is 37.9. The van der Waals surface area contributed by atoms with E-state index in [4.69, 9.17) is 24.9 Å². The number of benzene rings is 5. The van der Waals surface area contributed by atoms with Crippen molar-refractivity contribution in [2.45, 2.75) is 311 Å². The van der Waals surface area contributed by atoms with Gasteiger partial charge in [-0.1, -0.05) is 84.3 Å². The van der Waals surface area contributed by atoms with Gasteiger partial charge < -0.3 is 31.5 Å². The number of likely N-dealkylation sites (tertiary alicyclic amines) is 6. The van der Waals surface area contributed by atoms with Gasteiger partial charge in [0.15, 0.2) is 0 Å². The summed E-state index contributed by atoms with van der Waals surface area (Å²) in [6, 6.07) is 39.6. The molecule has 11 fully saturated rings. The normalized spacial score (nSPS) is 19.4. The number of hydrogen-bond donors (Lipinski definition) is 5. The molecule has 15 heterocycles. The number of hydrogen-bond acceptors (Lipinski definition) is 21. The first-order valence-corrected chi connectivity index (χ1v) is 58.9. The molecule has 11 aliphatic rings. The summed E-state index contributed by atoms with van der Waals surface area (Å²) in [5.74, 6) is 5.81. The Labute approximate surface area is 891 Å². The van der Waals surface area contributed by atoms with E-state index < -0.39 is 0 Å². The van der Waals surface area contributed by atoms with Crippen molar-refractivity contribution in [2.75, 3.05) is 124 Å². The van der Waals surface area contributed by atoms with Gasteiger partial charge in [-0.3, -0.25) is 29.3 Å². The second-order valence-corrected chi connectivity index (χ2v) is 51.8. The summed E-state index contributed by atoms with van der Waals surface area (Å²) in [5, 5.41) is 23.3. The lowest BCUT2D eigenvalue weighted by atomic mass is 9.56. The largest absolute Gasteiger partial charge is 0.352 e. The lowest BCUT2D eigenvalue weighted by Gasteiger charge is -2.55. The summed E-state index contributed by atoms with van der Waals surface area (Å²) in [6.45, 7) is 76.3. The van der Waals surface area contributed by atoms with Crippen LogP contribution >= 0.6 is 56.7 Å². The van der Waals surface area contributed by atoms with Gasteiger partial charge in [-0.05, 0) is 376 Å². The number of amides is 1. The predicted molar refractivity (Wildman–Crippen MR) is 619 cm³/mol. The molecule has 10 aromatic rings. The zero-order valence-electron chi connectivity index (χ0n) is 90.0. The zero-order chi connectivity index (χ0) is 101. The van der Waals surface area contributed by atoms with E-state index in [1.54, 1.807) is 18.1 Å². The quantitative estimate of drug-likeness (QED) is 0.0236. The van der Waals surface area contributed by atoms with E-state index in [9.17, 15) is 4.79 Å². The minimum Gasteiger partial charge on any atom is -0.352 e. The molecule has 5 N–H and O–H groups in total. The molecule has 1 spiro atoms. The minimum atomic E-state index is 0. The van der Waals surface area contributed by atoms with Gasteiger partial charge in [0, 0.05) is 214 Å². The van der Waals surface area contributed by atoms with Gasteiger partial charge in [-0.2, -0.15) is 0 Å². The average molecular weight is 2050 g/mol. The maximum atomic E-state index is 11.3. The molecular formula is C123H172N16OS5. The Morgan fingerprint density at radius 1 is 0.379 bits per heavy atom. The number of thiazole rings is 5. The van der Waals surface area contributed by atoms with Crippen molar-refractivity contribution >= 4 is 62.6 Å². The Bertz CT molecular complexity index is 5980. The lowest BCUT2D eigenvalue weighted by Crippen LogP contribution is -2.59. The summed E-state index contributed by atoms with van der Waals surface area (Å²) < 4.78 is 0. The number of allylic oxidation sites excluding steroid dienone is 4. The fourth-order valence-electron chi connectivity index (χ4n) is 22.1. The molecule has 0 radical (unpaired) electrons. The number of nitrogens with zero attached hydrogens (tertiary/aromatic N) is 11. The molecule has 1 unspecified atom stereocenters. The predicted octanol–water partition coefficient (Wildman–Crippen LogP) is 25.9. The van der Waals surface area contributed by atoms with Crippen molar-refractivity contribution in [3.8, 4) is 52.2 Å². The Morgan fingerprint density at radius 2 is 0.717 bits per heavy atom. The number of piperidine rings is 1. The molecular weight excluding hydrogens is 1880 g/mol. The molecule has 145 heavy (non-hydrogen) atoms. The van der Waals surface area contributed by atoms with Gasteiger partial charge in [-0.15, -0.1) is 83.0 Å². The molecule has 22 heteroatoms. The minimum absolute atomic E-state index is 0. The number of carbonyl (C=O) groups is 1. The Balaban J connectivity index is 0.000000130. The number of aromatic nitrogens is 5. The SMILES string of the molecule is C.C=C(C)CCc1ccc(-c2cnc(C3CN(C(C)C)C3)s2)cc1C1CC2(CNC2)C1.C=C(C)CCc1ccc(-c2cnc(C3CN(C(C)C)C3)s2)cc1C1CCN(C(C)C)CC1.C=C(C)CCc1ccc(-c2cnc(C3CN(C(C)C)C3)s2)cc1C1CCN1.C=C(C)CCc1ccc(-c2cnc(C3CN(C(C)C)C3)s2)cc1CC1CNC1.CC(=O)NCc1cc(-c2cnc(C3CN(C(C)C)C3)s2)cc(C2CNC2)c1. The molecule has 1 amide bonds. The molecule has 21 rings (SSSR count). The van der Waals surface area contributed by atoms with Crippen LogP contribution in [0.2, 0.25) is 0 Å². The molecule has 0 bridgehead atoms. The fourth-order valence-corrected chi connectivity index (χ4v) is 27.1. The number of aryl methyl sites for hydroxylation is 4. The summed E-state index contributed by atoms with van der Waals surface area (Å²) in [6.07, 6.45) is 26.8. The van der Waals surface area contributed by atoms with Crippen LogP contribution in [0, 0.1) is 11.3 Å². The second kappa shape index (κ2) is 50.0. The van der Waals surface area contributed by atoms with Crippen LogP contribution in [0.3, 0.4) is 0 Å². The van der Waals surface area contributed by atoms with Gasteiger partial charge in [0.25, 0.3) is 0 Å². The third kappa shape index (κ3) is 28.0. The van der Waals surface area contributed by atoms with Crippen LogP contribution in [-0.4, -0.2) is 221 Å². The van der Waals surface area contributed by atoms with E-state index in [1.165, 1.54) is 203 Å². The smallest absolute Gasteiger partial charge is 0.217 e. The lowest BCUT2D eigenvalue weighted by molar-refractivity contribution is -0.119. The van der Waals surface area contributed by atoms with E-state index in [1.807, 2.05) is 62.9 Å². The van der Waals surface area contributed by atoms with Crippen molar-refractivity contribution in [3.05, 3.63) is 251 Å². The highest BCUT2D eigenvalue weighted by atomic mass is 32.1. The van der Waals surface area contributed by atoms with Crippen LogP contribution in [-0.2, 0) is 43.4 Å². The van der Waals surface area contributed by atoms with Crippen LogP contribution in [0.25, 0.3) is 52.2 Å². The first-order chi connectivity index (χ1) is 69.2. The molecule has 1 atom stereocenters. The van der Waals surface area contributed by atoms with Crippen LogP contribution in [0.15, 0.2) is 171 Å². The Morgan fingerprint density at radius 3 is 1.03 bits per heavy atom. The maximum absolute atomic E-state index is 11.3. The number of rotatable bonds is 36. The van der Waals surface area contributed by atoms with Crippen LogP contribution in [0.5, 0.6) is 0 Å². The third-order valence-electron chi connectivity index (χ3n) is 32.8. The summed E-state index contributed by atoms with van der Waals surface area (Å²) >= 11 is 9.41. The molecule has 1 aliphatic carbocycles. The van der Waals surface area contributed by atoms with E-state index in [0.717, 1.165) is 167 Å². The third-order valence-corrected chi connectivity index (χ3v) is 38.8. The van der Waals surface area contributed by atoms with Crippen molar-refractivity contribution in [3.63, 3.8) is 0 Å². The average Bonchev–Trinajstić information content (AvgIpc) is 1.12. The Hall–Kier alpha value is -7.72. The van der Waals surface area contributed by atoms with Gasteiger partial charge >= 0.3 is 0 Å². The van der Waals surface area contributed by atoms with Crippen molar-refractivity contribution in [2.24, 2.45) is 11.3 Å². The molecule has 1 saturated carbocycles. The monoisotopic (exact) mass is 2050 g/mol. The standard InChI is InChI=1S/C28H41N3S.C26H35N3S.C24H33N3S.C23H31N3S.C21H28N4OS.CH4/c1-19(2)7-8-22-9-10-24(15-26(22)23-11-13-30(14-12-23)20(3)4)27-16-29-28(32-27)25-17-31(18-25)21(5)6;1-17(2)5-6-19-7-8-20(9-23(19)21-10-26(11-21)15-27-16-26)24-12-28-25(30-24)22-13-29(14-22)18(3)4;1-16(2)5-6-19-7-8-20(10-21(19)9-18-11-25-12-18)23-13-26-24(28-23)22-14-27(15-22)17(3)4;1-15(2)5-6-17-7-8-18(11-20(17)21-9-10-24-21)22-12-25-23(27-22)19-13-26(14-19)16(3)4;1-13(2)25-11-19(12-25)21-24-10-20(27-21)17-5-15(7-23-14(3)26)4-16(6-17)18-8-22-9-18;/h9-10,15-16,20-21,23,25H,1,7-8,11-14,17-18H2,2-6H3;7-9,12,18,21-22,27H,1,5-6,10-11,13-16H2,2-4H3;7-8,10,13,17-18,22,25H,1,5-6,9,11-12,14-15H2,2-4H3;7-8,11-12,16,19,21,24H,1,5-6,9-10,13-14H2,2-4H3;4-6,10,13,18-19,22H,7-9,11-12H2,1-3H3,(H,23,26);1H4. The highest BCUT2D eigenvalue weighted by Crippen LogP contribution is 2.55. The zero-order valence-corrected chi connectivity index (χ0v) is 94.1. The number of carbonyl (C=O) groups excluding carboxylic acids is 1. The fraction of sp³-hybridized carbons (Fsp3) is 0.561. The van der Waals surface area contributed by atoms with E-state index in [-0.39, 0.29) is 13.3 Å². The van der Waals surface area contributed by atoms with Crippen molar-refractivity contribution in [1.29, 1.82) is 0 Å². The van der Waals surface area contributed by atoms with Crippen molar-refractivity contribution < 1.29 is 4.79 Å². The summed E-state index contributed by atoms with van der Waals surface area (Å²) in [4.78, 5) is 57.0. The highest BCUT2D eigenvalue weighted by Gasteiger charge is 2.49. The van der Waals surface area contributed by atoms with E-state index >= 15 is 0 Å². The maximum Gasteiger partial charge on any atom is 0.217 e. The molecule has 17 nitrogen and oxygen atoms in total. The van der Waals surface area contributed by atoms with Gasteiger partial charge in [0.2, 0.25) is 5.91 Å². The van der Waals surface area contributed by atoms with Gasteiger partial charge in [0.05, 0.1) is 49.4 Å². The summed E-state index contributed by atoms with van der Waals surface area (Å²) in [7, 11) is 0. The van der Waals surface area contributed by atoms with Crippen molar-refractivity contribution in [1.82, 2.24) is 80.9 Å². The molecule has 10 aliphatic heterocycles. The van der Waals surface area contributed by atoms with E-state index in [0.29, 0.717) is 95.7 Å². The van der Waals surface area contributed by atoms with Gasteiger partial charge in [0.1, 0.15) is 0 Å². The second-order valence-electron chi connectivity index (χ2n) is 46.5. The molecule has 780 valence electrons. The van der Waals surface area contributed by atoms with E-state index in [2.05, 4.69) is 309 Å².